The normalized spacial score (nSPS) is 10.8. The average Bonchev–Trinajstić information content (AvgIpc) is 2.74. The van der Waals surface area contributed by atoms with Crippen molar-refractivity contribution in [2.45, 2.75) is 13.1 Å². The summed E-state index contributed by atoms with van der Waals surface area (Å²) in [4.78, 5) is 1.59. The lowest BCUT2D eigenvalue weighted by molar-refractivity contribution is 0.571. The molecule has 1 N–H and O–H groups in total. The van der Waals surface area contributed by atoms with Crippen LogP contribution in [0.1, 0.15) is 11.1 Å². The van der Waals surface area contributed by atoms with Gasteiger partial charge in [-0.2, -0.15) is 0 Å². The van der Waals surface area contributed by atoms with Crippen molar-refractivity contribution in [3.63, 3.8) is 0 Å². The van der Waals surface area contributed by atoms with Crippen LogP contribution < -0.4 is 10.2 Å². The zero-order chi connectivity index (χ0) is 14.7. The monoisotopic (exact) mass is 360 g/mol. The molecule has 1 aromatic heterocycles. The first-order valence-electron chi connectivity index (χ1n) is 6.08. The molecule has 2 nitrogen and oxygen atoms in total. The van der Waals surface area contributed by atoms with E-state index in [4.69, 9.17) is 0 Å². The summed E-state index contributed by atoms with van der Waals surface area (Å²) in [6.07, 6.45) is 0. The molecule has 0 fully saturated rings. The van der Waals surface area contributed by atoms with Crippen molar-refractivity contribution in [2.24, 2.45) is 0 Å². The molecule has 0 bridgehead atoms. The fraction of sp³-hybridized carbons (Fsp3) is 0.286. The Labute approximate surface area is 129 Å². The lowest BCUT2D eigenvalue weighted by atomic mass is 10.1. The molecule has 0 spiro atoms. The molecule has 0 saturated heterocycles. The Hall–Kier alpha value is -0.980. The molecule has 2 aromatic rings. The molecule has 0 saturated carbocycles. The third kappa shape index (κ3) is 3.56. The SMILES string of the molecule is CNCc1cc(F)c(N(C)Cc2csc(Br)c2)c(F)c1. The van der Waals surface area contributed by atoms with Crippen LogP contribution in [0, 0.1) is 11.6 Å². The minimum absolute atomic E-state index is 0.00664. The molecule has 0 unspecified atom stereocenters. The highest BCUT2D eigenvalue weighted by Crippen LogP contribution is 2.27. The van der Waals surface area contributed by atoms with E-state index in [0.29, 0.717) is 18.7 Å². The third-order valence-corrected chi connectivity index (χ3v) is 4.43. The van der Waals surface area contributed by atoms with Crippen molar-refractivity contribution in [2.75, 3.05) is 19.0 Å². The second kappa shape index (κ2) is 6.65. The molecule has 20 heavy (non-hydrogen) atoms. The Bertz CT molecular complexity index is 578. The number of benzene rings is 1. The molecule has 0 amide bonds. The van der Waals surface area contributed by atoms with E-state index in [-0.39, 0.29) is 5.69 Å². The predicted octanol–water partition coefficient (Wildman–Crippen LogP) is 4.14. The number of hydrogen-bond acceptors (Lipinski definition) is 3. The van der Waals surface area contributed by atoms with E-state index in [1.807, 2.05) is 11.4 Å². The predicted molar refractivity (Wildman–Crippen MR) is 83.2 cm³/mol. The van der Waals surface area contributed by atoms with Gasteiger partial charge in [0.25, 0.3) is 0 Å². The maximum Gasteiger partial charge on any atom is 0.149 e. The summed E-state index contributed by atoms with van der Waals surface area (Å²) in [5.74, 6) is -1.07. The Morgan fingerprint density at radius 3 is 2.35 bits per heavy atom. The number of hydrogen-bond donors (Lipinski definition) is 1. The van der Waals surface area contributed by atoms with Gasteiger partial charge in [0.2, 0.25) is 0 Å². The lowest BCUT2D eigenvalue weighted by Crippen LogP contribution is -2.19. The molecule has 0 aliphatic rings. The van der Waals surface area contributed by atoms with Crippen molar-refractivity contribution in [3.05, 3.63) is 50.1 Å². The zero-order valence-corrected chi connectivity index (χ0v) is 13.6. The van der Waals surface area contributed by atoms with Gasteiger partial charge < -0.3 is 10.2 Å². The maximum absolute atomic E-state index is 14.1. The third-order valence-electron chi connectivity index (χ3n) is 2.88. The zero-order valence-electron chi connectivity index (χ0n) is 11.2. The topological polar surface area (TPSA) is 15.3 Å². The first kappa shape index (κ1) is 15.4. The van der Waals surface area contributed by atoms with Gasteiger partial charge in [0.05, 0.1) is 3.79 Å². The fourth-order valence-electron chi connectivity index (χ4n) is 2.07. The van der Waals surface area contributed by atoms with Gasteiger partial charge in [0.15, 0.2) is 0 Å². The van der Waals surface area contributed by atoms with Crippen LogP contribution in [0.4, 0.5) is 14.5 Å². The minimum Gasteiger partial charge on any atom is -0.365 e. The quantitative estimate of drug-likeness (QED) is 0.861. The van der Waals surface area contributed by atoms with E-state index in [2.05, 4.69) is 21.2 Å². The van der Waals surface area contributed by atoms with Crippen LogP contribution >= 0.6 is 27.3 Å². The van der Waals surface area contributed by atoms with Crippen LogP contribution in [-0.2, 0) is 13.1 Å². The number of nitrogens with one attached hydrogen (secondary N) is 1. The van der Waals surface area contributed by atoms with E-state index in [1.54, 1.807) is 30.3 Å². The van der Waals surface area contributed by atoms with Crippen LogP contribution in [0.15, 0.2) is 27.4 Å². The second-order valence-electron chi connectivity index (χ2n) is 4.55. The first-order valence-corrected chi connectivity index (χ1v) is 7.75. The van der Waals surface area contributed by atoms with Crippen LogP contribution in [0.5, 0.6) is 0 Å². The summed E-state index contributed by atoms with van der Waals surface area (Å²) in [5.41, 5.74) is 1.62. The Balaban J connectivity index is 2.23. The molecule has 1 aromatic carbocycles. The highest BCUT2D eigenvalue weighted by atomic mass is 79.9. The van der Waals surface area contributed by atoms with E-state index >= 15 is 0 Å². The minimum atomic E-state index is -0.535. The number of thiophene rings is 1. The summed E-state index contributed by atoms with van der Waals surface area (Å²) in [6.45, 7) is 0.899. The molecule has 6 heteroatoms. The molecule has 0 atom stereocenters. The van der Waals surface area contributed by atoms with E-state index in [0.717, 1.165) is 9.35 Å². The van der Waals surface area contributed by atoms with Gasteiger partial charge >= 0.3 is 0 Å². The summed E-state index contributed by atoms with van der Waals surface area (Å²) >= 11 is 4.93. The van der Waals surface area contributed by atoms with Gasteiger partial charge in [-0.25, -0.2) is 8.78 Å². The van der Waals surface area contributed by atoms with Gasteiger partial charge in [0, 0.05) is 20.1 Å². The van der Waals surface area contributed by atoms with Gasteiger partial charge in [-0.15, -0.1) is 11.3 Å². The number of anilines is 1. The number of halogens is 3. The van der Waals surface area contributed by atoms with Crippen molar-refractivity contribution < 1.29 is 8.78 Å². The summed E-state index contributed by atoms with van der Waals surface area (Å²) in [6, 6.07) is 4.69. The van der Waals surface area contributed by atoms with Crippen molar-refractivity contribution in [1.82, 2.24) is 5.32 Å². The summed E-state index contributed by atoms with van der Waals surface area (Å²) < 4.78 is 29.2. The van der Waals surface area contributed by atoms with E-state index in [1.165, 1.54) is 12.1 Å². The Kier molecular flexibility index (Phi) is 5.12. The highest BCUT2D eigenvalue weighted by Gasteiger charge is 2.16. The molecular formula is C14H15BrF2N2S. The Morgan fingerprint density at radius 2 is 1.85 bits per heavy atom. The lowest BCUT2D eigenvalue weighted by Gasteiger charge is -2.20. The van der Waals surface area contributed by atoms with E-state index < -0.39 is 11.6 Å². The highest BCUT2D eigenvalue weighted by molar-refractivity contribution is 9.11. The molecule has 2 rings (SSSR count). The number of rotatable bonds is 5. The average molecular weight is 361 g/mol. The van der Waals surface area contributed by atoms with Crippen LogP contribution in [-0.4, -0.2) is 14.1 Å². The van der Waals surface area contributed by atoms with E-state index in [9.17, 15) is 8.78 Å². The molecule has 0 aliphatic heterocycles. The molecule has 0 aliphatic carbocycles. The summed E-state index contributed by atoms with van der Waals surface area (Å²) in [5, 5.41) is 4.84. The standard InChI is InChI=1S/C14H15BrF2N2S/c1-18-6-9-3-11(16)14(12(17)4-9)19(2)7-10-5-13(15)20-8-10/h3-5,8,18H,6-7H2,1-2H3. The molecule has 108 valence electrons. The van der Waals surface area contributed by atoms with Crippen LogP contribution in [0.25, 0.3) is 0 Å². The molecule has 1 heterocycles. The maximum atomic E-state index is 14.1. The fourth-order valence-corrected chi connectivity index (χ4v) is 3.27. The molecule has 0 radical (unpaired) electrons. The van der Waals surface area contributed by atoms with Crippen LogP contribution in [0.3, 0.4) is 0 Å². The van der Waals surface area contributed by atoms with Crippen LogP contribution in [0.2, 0.25) is 0 Å². The van der Waals surface area contributed by atoms with Crippen molar-refractivity contribution in [3.8, 4) is 0 Å². The van der Waals surface area contributed by atoms with Crippen molar-refractivity contribution >= 4 is 33.0 Å². The number of nitrogens with zero attached hydrogens (tertiary/aromatic N) is 1. The first-order chi connectivity index (χ1) is 9.51. The van der Waals surface area contributed by atoms with Gasteiger partial charge in [0.1, 0.15) is 17.3 Å². The van der Waals surface area contributed by atoms with Gasteiger partial charge in [-0.05, 0) is 57.7 Å². The molecular weight excluding hydrogens is 346 g/mol. The van der Waals surface area contributed by atoms with Gasteiger partial charge in [-0.1, -0.05) is 0 Å². The van der Waals surface area contributed by atoms with Crippen molar-refractivity contribution in [1.29, 1.82) is 0 Å². The smallest absolute Gasteiger partial charge is 0.149 e. The largest absolute Gasteiger partial charge is 0.365 e. The Morgan fingerprint density at radius 1 is 1.20 bits per heavy atom. The van der Waals surface area contributed by atoms with Gasteiger partial charge in [-0.3, -0.25) is 0 Å². The summed E-state index contributed by atoms with van der Waals surface area (Å²) in [7, 11) is 3.43. The second-order valence-corrected chi connectivity index (χ2v) is 6.84.